The number of carbonyl (C=O) groups is 1. The molecule has 0 saturated carbocycles. The second-order valence-corrected chi connectivity index (χ2v) is 5.55. The second-order valence-electron chi connectivity index (χ2n) is 5.15. The standard InChI is InChI=1S/C17H14ClN5O4/c1-27-16-7-12(23(25)26)3-5-15(16)21-9-10(8-19)17(24)22-11-2-4-14(20)13(18)6-11/h2-7,9,21H,20H2,1H3,(H,22,24)/b10-9-. The number of rotatable bonds is 6. The summed E-state index contributed by atoms with van der Waals surface area (Å²) in [7, 11) is 1.34. The third-order valence-electron chi connectivity index (χ3n) is 3.39. The Morgan fingerprint density at radius 3 is 2.70 bits per heavy atom. The first-order valence-corrected chi connectivity index (χ1v) is 7.79. The first-order chi connectivity index (χ1) is 12.8. The monoisotopic (exact) mass is 387 g/mol. The van der Waals surface area contributed by atoms with Crippen molar-refractivity contribution in [2.75, 3.05) is 23.5 Å². The number of nitrogens with one attached hydrogen (secondary N) is 2. The van der Waals surface area contributed by atoms with Crippen LogP contribution in [0.15, 0.2) is 48.2 Å². The first kappa shape index (κ1) is 19.6. The highest BCUT2D eigenvalue weighted by molar-refractivity contribution is 6.33. The number of carbonyl (C=O) groups excluding carboxylic acids is 1. The van der Waals surface area contributed by atoms with E-state index >= 15 is 0 Å². The van der Waals surface area contributed by atoms with E-state index in [1.807, 2.05) is 0 Å². The Balaban J connectivity index is 2.18. The summed E-state index contributed by atoms with van der Waals surface area (Å²) in [5.41, 5.74) is 6.29. The van der Waals surface area contributed by atoms with Gasteiger partial charge in [-0.1, -0.05) is 11.6 Å². The fraction of sp³-hybridized carbons (Fsp3) is 0.0588. The first-order valence-electron chi connectivity index (χ1n) is 7.41. The molecule has 0 radical (unpaired) electrons. The van der Waals surface area contributed by atoms with Crippen molar-refractivity contribution in [3.63, 3.8) is 0 Å². The van der Waals surface area contributed by atoms with E-state index in [0.29, 0.717) is 17.1 Å². The lowest BCUT2D eigenvalue weighted by molar-refractivity contribution is -0.384. The lowest BCUT2D eigenvalue weighted by Gasteiger charge is -2.09. The number of ether oxygens (including phenoxy) is 1. The molecule has 0 unspecified atom stereocenters. The van der Waals surface area contributed by atoms with Crippen LogP contribution < -0.4 is 21.1 Å². The van der Waals surface area contributed by atoms with Gasteiger partial charge in [0.1, 0.15) is 17.4 Å². The number of methoxy groups -OCH3 is 1. The van der Waals surface area contributed by atoms with Gasteiger partial charge in [-0.25, -0.2) is 0 Å². The zero-order valence-electron chi connectivity index (χ0n) is 14.0. The molecule has 0 heterocycles. The zero-order valence-corrected chi connectivity index (χ0v) is 14.8. The van der Waals surface area contributed by atoms with Crippen LogP contribution in [0.1, 0.15) is 0 Å². The molecule has 4 N–H and O–H groups in total. The highest BCUT2D eigenvalue weighted by Crippen LogP contribution is 2.29. The van der Waals surface area contributed by atoms with E-state index in [-0.39, 0.29) is 22.0 Å². The van der Waals surface area contributed by atoms with Crippen LogP contribution in [0.2, 0.25) is 5.02 Å². The Morgan fingerprint density at radius 1 is 1.37 bits per heavy atom. The fourth-order valence-electron chi connectivity index (χ4n) is 2.01. The number of nitro groups is 1. The summed E-state index contributed by atoms with van der Waals surface area (Å²) in [4.78, 5) is 22.5. The number of anilines is 3. The van der Waals surface area contributed by atoms with Gasteiger partial charge in [0.2, 0.25) is 0 Å². The van der Waals surface area contributed by atoms with Gasteiger partial charge in [-0.3, -0.25) is 14.9 Å². The fourth-order valence-corrected chi connectivity index (χ4v) is 2.20. The van der Waals surface area contributed by atoms with Crippen molar-refractivity contribution in [3.8, 4) is 11.8 Å². The third-order valence-corrected chi connectivity index (χ3v) is 3.72. The molecule has 2 aromatic carbocycles. The number of nitriles is 1. The SMILES string of the molecule is COc1cc([N+](=O)[O-])ccc1N/C=C(/C#N)C(=O)Nc1ccc(N)c(Cl)c1. The Kier molecular flexibility index (Phi) is 6.19. The van der Waals surface area contributed by atoms with Gasteiger partial charge in [0.15, 0.2) is 0 Å². The van der Waals surface area contributed by atoms with Gasteiger partial charge in [0.05, 0.1) is 34.5 Å². The van der Waals surface area contributed by atoms with Gasteiger partial charge in [-0.05, 0) is 24.3 Å². The Morgan fingerprint density at radius 2 is 2.11 bits per heavy atom. The number of hydrogen-bond acceptors (Lipinski definition) is 7. The number of nitrogens with zero attached hydrogens (tertiary/aromatic N) is 2. The Labute approximate surface area is 159 Å². The predicted molar refractivity (Wildman–Crippen MR) is 101 cm³/mol. The number of halogens is 1. The van der Waals surface area contributed by atoms with E-state index in [1.165, 1.54) is 37.4 Å². The molecular weight excluding hydrogens is 374 g/mol. The molecule has 1 amide bonds. The highest BCUT2D eigenvalue weighted by atomic mass is 35.5. The van der Waals surface area contributed by atoms with Gasteiger partial charge < -0.3 is 21.1 Å². The Bertz CT molecular complexity index is 968. The molecule has 9 nitrogen and oxygen atoms in total. The largest absolute Gasteiger partial charge is 0.494 e. The maximum Gasteiger partial charge on any atom is 0.273 e. The zero-order chi connectivity index (χ0) is 20.0. The molecule has 0 aromatic heterocycles. The van der Waals surface area contributed by atoms with E-state index < -0.39 is 10.8 Å². The van der Waals surface area contributed by atoms with Gasteiger partial charge >= 0.3 is 0 Å². The number of non-ortho nitro benzene ring substituents is 1. The normalized spacial score (nSPS) is 10.6. The van der Waals surface area contributed by atoms with Crippen molar-refractivity contribution in [2.45, 2.75) is 0 Å². The minimum atomic E-state index is -0.674. The molecule has 0 spiro atoms. The average molecular weight is 388 g/mol. The van der Waals surface area contributed by atoms with E-state index in [4.69, 9.17) is 22.1 Å². The van der Waals surface area contributed by atoms with Gasteiger partial charge in [-0.2, -0.15) is 5.26 Å². The smallest absolute Gasteiger partial charge is 0.273 e. The summed E-state index contributed by atoms with van der Waals surface area (Å²) in [5, 5.41) is 25.5. The van der Waals surface area contributed by atoms with E-state index in [1.54, 1.807) is 12.1 Å². The van der Waals surface area contributed by atoms with Crippen LogP contribution >= 0.6 is 11.6 Å². The lowest BCUT2D eigenvalue weighted by Crippen LogP contribution is -2.14. The highest BCUT2D eigenvalue weighted by Gasteiger charge is 2.13. The molecule has 2 aromatic rings. The van der Waals surface area contributed by atoms with Crippen LogP contribution in [0, 0.1) is 21.4 Å². The van der Waals surface area contributed by atoms with Gasteiger partial charge in [-0.15, -0.1) is 0 Å². The van der Waals surface area contributed by atoms with Crippen LogP contribution in [-0.4, -0.2) is 17.9 Å². The number of benzene rings is 2. The number of nitrogens with two attached hydrogens (primary N) is 1. The van der Waals surface area contributed by atoms with E-state index in [2.05, 4.69) is 10.6 Å². The van der Waals surface area contributed by atoms with Crippen molar-refractivity contribution in [2.24, 2.45) is 0 Å². The minimum Gasteiger partial charge on any atom is -0.494 e. The van der Waals surface area contributed by atoms with Crippen LogP contribution in [0.25, 0.3) is 0 Å². The predicted octanol–water partition coefficient (Wildman–Crippen LogP) is 3.30. The molecule has 0 aliphatic heterocycles. The third kappa shape index (κ3) is 4.87. The molecule has 0 saturated heterocycles. The molecule has 138 valence electrons. The molecule has 0 fully saturated rings. The molecule has 2 rings (SSSR count). The van der Waals surface area contributed by atoms with Crippen molar-refractivity contribution >= 4 is 40.3 Å². The second kappa shape index (κ2) is 8.55. The summed E-state index contributed by atoms with van der Waals surface area (Å²) in [5.74, 6) is -0.491. The van der Waals surface area contributed by atoms with Crippen molar-refractivity contribution < 1.29 is 14.5 Å². The van der Waals surface area contributed by atoms with Crippen LogP contribution in [0.3, 0.4) is 0 Å². The molecule has 0 aliphatic rings. The average Bonchev–Trinajstić information content (AvgIpc) is 2.65. The molecule has 0 bridgehead atoms. The van der Waals surface area contributed by atoms with Gasteiger partial charge in [0, 0.05) is 18.0 Å². The summed E-state index contributed by atoms with van der Waals surface area (Å²) in [6.45, 7) is 0. The van der Waals surface area contributed by atoms with Crippen molar-refractivity contribution in [1.29, 1.82) is 5.26 Å². The van der Waals surface area contributed by atoms with Crippen LogP contribution in [0.5, 0.6) is 5.75 Å². The topological polar surface area (TPSA) is 143 Å². The molecule has 10 heteroatoms. The number of amides is 1. The summed E-state index contributed by atoms with van der Waals surface area (Å²) in [6.07, 6.45) is 1.16. The summed E-state index contributed by atoms with van der Waals surface area (Å²) >= 11 is 5.89. The van der Waals surface area contributed by atoms with Crippen molar-refractivity contribution in [3.05, 3.63) is 63.3 Å². The van der Waals surface area contributed by atoms with Crippen LogP contribution in [-0.2, 0) is 4.79 Å². The lowest BCUT2D eigenvalue weighted by atomic mass is 10.2. The van der Waals surface area contributed by atoms with Crippen molar-refractivity contribution in [1.82, 2.24) is 0 Å². The van der Waals surface area contributed by atoms with E-state index in [0.717, 1.165) is 6.20 Å². The number of nitro benzene ring substituents is 1. The van der Waals surface area contributed by atoms with E-state index in [9.17, 15) is 20.2 Å². The number of nitrogen functional groups attached to an aromatic ring is 1. The molecule has 27 heavy (non-hydrogen) atoms. The molecule has 0 aliphatic carbocycles. The molecule has 0 atom stereocenters. The quantitative estimate of drug-likeness (QED) is 0.227. The summed E-state index contributed by atoms with van der Waals surface area (Å²) < 4.78 is 5.08. The maximum absolute atomic E-state index is 12.2. The number of hydrogen-bond donors (Lipinski definition) is 3. The van der Waals surface area contributed by atoms with Crippen LogP contribution in [0.4, 0.5) is 22.7 Å². The Hall–Kier alpha value is -3.77. The minimum absolute atomic E-state index is 0.153. The molecular formula is C17H14ClN5O4. The summed E-state index contributed by atoms with van der Waals surface area (Å²) in [6, 6.07) is 10.2. The maximum atomic E-state index is 12.2. The van der Waals surface area contributed by atoms with Gasteiger partial charge in [0.25, 0.3) is 11.6 Å².